The summed E-state index contributed by atoms with van der Waals surface area (Å²) in [6.45, 7) is 0. The van der Waals surface area contributed by atoms with Gasteiger partial charge in [-0.2, -0.15) is 0 Å². The number of ether oxygens (including phenoxy) is 1. The monoisotopic (exact) mass is 334 g/mol. The number of nitrogen functional groups attached to an aromatic ring is 1. The molecule has 3 rings (SSSR count). The second kappa shape index (κ2) is 5.38. The maximum Gasteiger partial charge on any atom is 0.165 e. The van der Waals surface area contributed by atoms with Crippen LogP contribution in [-0.4, -0.2) is 17.1 Å². The summed E-state index contributed by atoms with van der Waals surface area (Å²) >= 11 is 3.47. The zero-order valence-corrected chi connectivity index (χ0v) is 12.6. The fourth-order valence-corrected chi connectivity index (χ4v) is 2.46. The molecular weight excluding hydrogens is 320 g/mol. The summed E-state index contributed by atoms with van der Waals surface area (Å²) < 4.78 is 6.35. The standard InChI is InChI=1S/C14H15BrN4O/c1-20-12-5-4-9(15)6-10(12)14-17-11(8-2-3-8)7-13(18-14)19-16/h4-8H,2-3,16H2,1H3,(H,17,18,19). The van der Waals surface area contributed by atoms with Gasteiger partial charge in [0, 0.05) is 22.2 Å². The van der Waals surface area contributed by atoms with Gasteiger partial charge in [0.1, 0.15) is 11.6 Å². The minimum atomic E-state index is 0.530. The highest BCUT2D eigenvalue weighted by Crippen LogP contribution is 2.41. The molecule has 1 saturated carbocycles. The number of benzene rings is 1. The molecule has 1 aliphatic carbocycles. The molecular formula is C14H15BrN4O. The molecule has 20 heavy (non-hydrogen) atoms. The molecule has 0 unspecified atom stereocenters. The van der Waals surface area contributed by atoms with E-state index in [9.17, 15) is 0 Å². The Hall–Kier alpha value is -1.66. The Labute approximate surface area is 125 Å². The molecule has 0 amide bonds. The largest absolute Gasteiger partial charge is 0.496 e. The lowest BCUT2D eigenvalue weighted by atomic mass is 10.1. The number of hydrazine groups is 1. The van der Waals surface area contributed by atoms with Gasteiger partial charge in [0.05, 0.1) is 12.7 Å². The molecule has 0 spiro atoms. The summed E-state index contributed by atoms with van der Waals surface area (Å²) in [6, 6.07) is 7.67. The maximum atomic E-state index is 5.51. The number of rotatable bonds is 4. The van der Waals surface area contributed by atoms with Crippen molar-refractivity contribution in [1.29, 1.82) is 0 Å². The SMILES string of the molecule is COc1ccc(Br)cc1-c1nc(NN)cc(C2CC2)n1. The van der Waals surface area contributed by atoms with Crippen LogP contribution in [-0.2, 0) is 0 Å². The number of anilines is 1. The van der Waals surface area contributed by atoms with Crippen molar-refractivity contribution in [3.63, 3.8) is 0 Å². The molecule has 0 aliphatic heterocycles. The van der Waals surface area contributed by atoms with Crippen molar-refractivity contribution in [2.75, 3.05) is 12.5 Å². The molecule has 0 radical (unpaired) electrons. The first-order chi connectivity index (χ1) is 9.71. The molecule has 1 aromatic heterocycles. The summed E-state index contributed by atoms with van der Waals surface area (Å²) in [6.07, 6.45) is 2.35. The Balaban J connectivity index is 2.13. The van der Waals surface area contributed by atoms with Crippen LogP contribution in [0, 0.1) is 0 Å². The van der Waals surface area contributed by atoms with Gasteiger partial charge in [-0.1, -0.05) is 15.9 Å². The molecule has 6 heteroatoms. The third-order valence-electron chi connectivity index (χ3n) is 3.29. The number of nitrogens with one attached hydrogen (secondary N) is 1. The molecule has 0 bridgehead atoms. The van der Waals surface area contributed by atoms with Crippen LogP contribution in [0.25, 0.3) is 11.4 Å². The molecule has 0 atom stereocenters. The van der Waals surface area contributed by atoms with Gasteiger partial charge < -0.3 is 10.2 Å². The predicted molar refractivity (Wildman–Crippen MR) is 81.5 cm³/mol. The Morgan fingerprint density at radius 2 is 2.10 bits per heavy atom. The number of methoxy groups -OCH3 is 1. The van der Waals surface area contributed by atoms with E-state index in [0.29, 0.717) is 17.6 Å². The first-order valence-corrected chi connectivity index (χ1v) is 7.20. The van der Waals surface area contributed by atoms with Gasteiger partial charge >= 0.3 is 0 Å². The Morgan fingerprint density at radius 1 is 1.30 bits per heavy atom. The third-order valence-corrected chi connectivity index (χ3v) is 3.79. The molecule has 5 nitrogen and oxygen atoms in total. The van der Waals surface area contributed by atoms with E-state index < -0.39 is 0 Å². The topological polar surface area (TPSA) is 73.1 Å². The fraction of sp³-hybridized carbons (Fsp3) is 0.286. The van der Waals surface area contributed by atoms with Crippen molar-refractivity contribution in [3.05, 3.63) is 34.4 Å². The molecule has 104 valence electrons. The Kier molecular flexibility index (Phi) is 3.58. The van der Waals surface area contributed by atoms with E-state index in [1.807, 2.05) is 24.3 Å². The minimum absolute atomic E-state index is 0.530. The molecule has 1 aromatic carbocycles. The number of aromatic nitrogens is 2. The van der Waals surface area contributed by atoms with Crippen molar-refractivity contribution in [2.45, 2.75) is 18.8 Å². The first kappa shape index (κ1) is 13.3. The highest BCUT2D eigenvalue weighted by molar-refractivity contribution is 9.10. The van der Waals surface area contributed by atoms with Crippen LogP contribution in [0.1, 0.15) is 24.5 Å². The van der Waals surface area contributed by atoms with Crippen LogP contribution in [0.5, 0.6) is 5.75 Å². The first-order valence-electron chi connectivity index (χ1n) is 6.41. The number of halogens is 1. The molecule has 0 saturated heterocycles. The average Bonchev–Trinajstić information content (AvgIpc) is 3.31. The quantitative estimate of drug-likeness (QED) is 0.664. The summed E-state index contributed by atoms with van der Waals surface area (Å²) in [5.41, 5.74) is 4.49. The highest BCUT2D eigenvalue weighted by atomic mass is 79.9. The highest BCUT2D eigenvalue weighted by Gasteiger charge is 2.26. The lowest BCUT2D eigenvalue weighted by Crippen LogP contribution is -2.10. The third kappa shape index (κ3) is 2.62. The van der Waals surface area contributed by atoms with Crippen LogP contribution in [0.4, 0.5) is 5.82 Å². The summed E-state index contributed by atoms with van der Waals surface area (Å²) in [5.74, 6) is 8.02. The number of hydrogen-bond acceptors (Lipinski definition) is 5. The van der Waals surface area contributed by atoms with E-state index in [1.165, 1.54) is 12.8 Å². The predicted octanol–water partition coefficient (Wildman–Crippen LogP) is 3.08. The Morgan fingerprint density at radius 3 is 2.75 bits per heavy atom. The van der Waals surface area contributed by atoms with Crippen LogP contribution < -0.4 is 16.0 Å². The van der Waals surface area contributed by atoms with Crippen molar-refractivity contribution < 1.29 is 4.74 Å². The summed E-state index contributed by atoms with van der Waals surface area (Å²) in [7, 11) is 1.64. The van der Waals surface area contributed by atoms with Gasteiger partial charge in [-0.15, -0.1) is 0 Å². The van der Waals surface area contributed by atoms with E-state index in [0.717, 1.165) is 21.5 Å². The van der Waals surface area contributed by atoms with E-state index >= 15 is 0 Å². The van der Waals surface area contributed by atoms with Crippen LogP contribution >= 0.6 is 15.9 Å². The fourth-order valence-electron chi connectivity index (χ4n) is 2.10. The van der Waals surface area contributed by atoms with Crippen LogP contribution in [0.3, 0.4) is 0 Å². The van der Waals surface area contributed by atoms with Gasteiger partial charge in [-0.05, 0) is 31.0 Å². The van der Waals surface area contributed by atoms with Gasteiger partial charge in [-0.25, -0.2) is 15.8 Å². The summed E-state index contributed by atoms with van der Waals surface area (Å²) in [4.78, 5) is 9.09. The molecule has 2 aromatic rings. The summed E-state index contributed by atoms with van der Waals surface area (Å²) in [5, 5.41) is 0. The van der Waals surface area contributed by atoms with E-state index in [-0.39, 0.29) is 0 Å². The smallest absolute Gasteiger partial charge is 0.165 e. The van der Waals surface area contributed by atoms with Gasteiger partial charge in [0.2, 0.25) is 0 Å². The second-order valence-corrected chi connectivity index (χ2v) is 5.68. The molecule has 3 N–H and O–H groups in total. The van der Waals surface area contributed by atoms with Crippen molar-refractivity contribution in [1.82, 2.24) is 9.97 Å². The zero-order chi connectivity index (χ0) is 14.1. The van der Waals surface area contributed by atoms with Gasteiger partial charge in [-0.3, -0.25) is 0 Å². The molecule has 1 fully saturated rings. The van der Waals surface area contributed by atoms with Gasteiger partial charge in [0.25, 0.3) is 0 Å². The number of nitrogens with zero attached hydrogens (tertiary/aromatic N) is 2. The van der Waals surface area contributed by atoms with Crippen molar-refractivity contribution >= 4 is 21.7 Å². The number of hydrogen-bond donors (Lipinski definition) is 2. The van der Waals surface area contributed by atoms with Crippen LogP contribution in [0.15, 0.2) is 28.7 Å². The van der Waals surface area contributed by atoms with E-state index in [1.54, 1.807) is 7.11 Å². The number of nitrogens with two attached hydrogens (primary N) is 1. The van der Waals surface area contributed by atoms with Crippen LogP contribution in [0.2, 0.25) is 0 Å². The molecule has 1 aliphatic rings. The van der Waals surface area contributed by atoms with E-state index in [4.69, 9.17) is 10.6 Å². The lowest BCUT2D eigenvalue weighted by molar-refractivity contribution is 0.416. The van der Waals surface area contributed by atoms with Gasteiger partial charge in [0.15, 0.2) is 5.82 Å². The Bertz CT molecular complexity index is 643. The average molecular weight is 335 g/mol. The molecule has 1 heterocycles. The second-order valence-electron chi connectivity index (χ2n) is 4.76. The maximum absolute atomic E-state index is 5.51. The minimum Gasteiger partial charge on any atom is -0.496 e. The lowest BCUT2D eigenvalue weighted by Gasteiger charge is -2.11. The zero-order valence-electron chi connectivity index (χ0n) is 11.1. The normalized spacial score (nSPS) is 14.2. The van der Waals surface area contributed by atoms with Crippen molar-refractivity contribution in [3.8, 4) is 17.1 Å². The van der Waals surface area contributed by atoms with Crippen molar-refractivity contribution in [2.24, 2.45) is 5.84 Å². The van der Waals surface area contributed by atoms with E-state index in [2.05, 4.69) is 31.3 Å².